The number of hydrogen-bond donors (Lipinski definition) is 4. The van der Waals surface area contributed by atoms with Gasteiger partial charge in [0.1, 0.15) is 23.0 Å². The molecule has 9 aromatic carbocycles. The van der Waals surface area contributed by atoms with E-state index in [-0.39, 0.29) is 49.2 Å². The lowest BCUT2D eigenvalue weighted by molar-refractivity contribution is 0.475. The van der Waals surface area contributed by atoms with Gasteiger partial charge in [-0.3, -0.25) is 20.0 Å². The van der Waals surface area contributed by atoms with Gasteiger partial charge in [-0.1, -0.05) is 133 Å². The highest BCUT2D eigenvalue weighted by Crippen LogP contribution is 2.30. The summed E-state index contributed by atoms with van der Waals surface area (Å²) in [6, 6.07) is 50.0. The van der Waals surface area contributed by atoms with Crippen LogP contribution in [0.5, 0.6) is 23.0 Å². The van der Waals surface area contributed by atoms with E-state index >= 15 is 0 Å². The summed E-state index contributed by atoms with van der Waals surface area (Å²) >= 11 is 0. The first kappa shape index (κ1) is 39.4. The second-order valence-corrected chi connectivity index (χ2v) is 15.1. The summed E-state index contributed by atoms with van der Waals surface area (Å²) in [7, 11) is 0. The maximum absolute atomic E-state index is 10.9. The van der Waals surface area contributed by atoms with Gasteiger partial charge in [-0.2, -0.15) is 0 Å². The Morgan fingerprint density at radius 3 is 0.758 bits per heavy atom. The van der Waals surface area contributed by atoms with Gasteiger partial charge in [0.05, 0.1) is 26.2 Å². The van der Waals surface area contributed by atoms with Crippen molar-refractivity contribution in [2.24, 2.45) is 20.0 Å². The molecule has 8 heteroatoms. The summed E-state index contributed by atoms with van der Waals surface area (Å²) in [6.07, 6.45) is 6.87. The fraction of sp³-hybridized carbons (Fsp3) is 0.0741. The van der Waals surface area contributed by atoms with Gasteiger partial charge in [0, 0.05) is 47.1 Å². The molecule has 0 amide bonds. The minimum atomic E-state index is 0.143. The Morgan fingerprint density at radius 2 is 0.516 bits per heavy atom. The van der Waals surface area contributed by atoms with Gasteiger partial charge in [-0.15, -0.1) is 0 Å². The SMILES string of the molecule is Oc1ccc2ccccc2c1C=NCc1cc(CN=Cc2c(O)ccc3ccccc23)c(CN=Cc2c(O)ccc3ccccc23)cc1CN=Cc1c(O)ccc2ccccc12. The van der Waals surface area contributed by atoms with Gasteiger partial charge >= 0.3 is 0 Å². The van der Waals surface area contributed by atoms with Crippen LogP contribution < -0.4 is 0 Å². The first-order chi connectivity index (χ1) is 30.4. The van der Waals surface area contributed by atoms with E-state index in [9.17, 15) is 20.4 Å². The Balaban J connectivity index is 1.13. The van der Waals surface area contributed by atoms with Crippen LogP contribution in [0.25, 0.3) is 43.1 Å². The third-order valence-corrected chi connectivity index (χ3v) is 11.2. The molecule has 9 aromatic rings. The van der Waals surface area contributed by atoms with Crippen molar-refractivity contribution in [3.63, 3.8) is 0 Å². The van der Waals surface area contributed by atoms with E-state index in [0.717, 1.165) is 65.3 Å². The molecule has 62 heavy (non-hydrogen) atoms. The molecular weight excluding hydrogens is 769 g/mol. The standard InChI is InChI=1S/C54H42N4O4/c59-51-21-17-35-9-1-5-13-43(35)47(51)31-55-27-39-25-41(29-57-33-49-45-15-7-3-11-37(45)19-23-53(49)61)42(30-58-34-50-46-16-8-4-12-38(46)20-24-54(50)62)26-40(39)28-56-32-48-44-14-6-2-10-36(44)18-22-52(48)60/h1-26,31-34,59-62H,27-30H2. The summed E-state index contributed by atoms with van der Waals surface area (Å²) in [5.41, 5.74) is 6.15. The van der Waals surface area contributed by atoms with E-state index in [1.54, 1.807) is 49.1 Å². The summed E-state index contributed by atoms with van der Waals surface area (Å²) in [4.78, 5) is 19.5. The third-order valence-electron chi connectivity index (χ3n) is 11.2. The zero-order chi connectivity index (χ0) is 42.4. The highest BCUT2D eigenvalue weighted by molar-refractivity contribution is 6.05. The van der Waals surface area contributed by atoms with Crippen LogP contribution in [0.2, 0.25) is 0 Å². The summed E-state index contributed by atoms with van der Waals surface area (Å²) in [5.74, 6) is 0.572. The average molecular weight is 811 g/mol. The van der Waals surface area contributed by atoms with Crippen molar-refractivity contribution in [1.82, 2.24) is 0 Å². The molecule has 0 radical (unpaired) electrons. The number of fused-ring (bicyclic) bond motifs is 4. The van der Waals surface area contributed by atoms with E-state index < -0.39 is 0 Å². The second-order valence-electron chi connectivity index (χ2n) is 15.1. The van der Waals surface area contributed by atoms with Crippen LogP contribution in [-0.2, 0) is 26.2 Å². The smallest absolute Gasteiger partial charge is 0.124 e. The predicted molar refractivity (Wildman–Crippen MR) is 254 cm³/mol. The van der Waals surface area contributed by atoms with E-state index in [4.69, 9.17) is 20.0 Å². The molecule has 0 spiro atoms. The van der Waals surface area contributed by atoms with Crippen molar-refractivity contribution in [1.29, 1.82) is 0 Å². The van der Waals surface area contributed by atoms with Crippen molar-refractivity contribution >= 4 is 67.9 Å². The minimum Gasteiger partial charge on any atom is -0.507 e. The number of aliphatic imine (C=N–C) groups is 4. The molecule has 8 nitrogen and oxygen atoms in total. The summed E-state index contributed by atoms with van der Waals surface area (Å²) in [5, 5.41) is 51.1. The molecule has 0 fully saturated rings. The third kappa shape index (κ3) is 8.22. The highest BCUT2D eigenvalue weighted by atomic mass is 16.3. The summed E-state index contributed by atoms with van der Waals surface area (Å²) < 4.78 is 0. The Hall–Kier alpha value is -8.10. The molecule has 302 valence electrons. The Kier molecular flexibility index (Phi) is 11.2. The summed E-state index contributed by atoms with van der Waals surface area (Å²) in [6.45, 7) is 1.12. The first-order valence-electron chi connectivity index (χ1n) is 20.4. The van der Waals surface area contributed by atoms with Gasteiger partial charge in [0.2, 0.25) is 0 Å². The number of rotatable bonds is 12. The monoisotopic (exact) mass is 810 g/mol. The topological polar surface area (TPSA) is 130 Å². The lowest BCUT2D eigenvalue weighted by Crippen LogP contribution is -2.02. The molecule has 0 aliphatic carbocycles. The highest BCUT2D eigenvalue weighted by Gasteiger charge is 2.13. The number of phenols is 4. The molecule has 9 rings (SSSR count). The molecule has 0 saturated heterocycles. The Bertz CT molecular complexity index is 2830. The number of benzene rings is 9. The van der Waals surface area contributed by atoms with Crippen LogP contribution in [0.3, 0.4) is 0 Å². The Morgan fingerprint density at radius 1 is 0.290 bits per heavy atom. The van der Waals surface area contributed by atoms with Crippen molar-refractivity contribution in [3.05, 3.63) is 202 Å². The zero-order valence-electron chi connectivity index (χ0n) is 33.7. The number of aromatic hydroxyl groups is 4. The maximum Gasteiger partial charge on any atom is 0.124 e. The molecule has 0 atom stereocenters. The van der Waals surface area contributed by atoms with Crippen molar-refractivity contribution < 1.29 is 20.4 Å². The Labute approximate surface area is 358 Å². The van der Waals surface area contributed by atoms with E-state index in [1.807, 2.05) is 121 Å². The molecule has 0 aliphatic heterocycles. The minimum absolute atomic E-state index is 0.143. The van der Waals surface area contributed by atoms with Crippen molar-refractivity contribution in [2.75, 3.05) is 0 Å². The molecule has 0 bridgehead atoms. The largest absolute Gasteiger partial charge is 0.507 e. The molecule has 0 aromatic heterocycles. The fourth-order valence-electron chi connectivity index (χ4n) is 8.00. The van der Waals surface area contributed by atoms with Crippen LogP contribution in [-0.4, -0.2) is 45.3 Å². The molecule has 4 N–H and O–H groups in total. The van der Waals surface area contributed by atoms with Gasteiger partial charge in [0.15, 0.2) is 0 Å². The zero-order valence-corrected chi connectivity index (χ0v) is 33.7. The normalized spacial score (nSPS) is 12.1. The molecule has 0 heterocycles. The van der Waals surface area contributed by atoms with Crippen LogP contribution >= 0.6 is 0 Å². The van der Waals surface area contributed by atoms with E-state index in [1.165, 1.54) is 0 Å². The lowest BCUT2D eigenvalue weighted by Gasteiger charge is -2.14. The van der Waals surface area contributed by atoms with Gasteiger partial charge in [-0.05, 0) is 89.6 Å². The lowest BCUT2D eigenvalue weighted by atomic mass is 9.97. The van der Waals surface area contributed by atoms with Crippen LogP contribution in [0.4, 0.5) is 0 Å². The quantitative estimate of drug-likeness (QED) is 0.0915. The van der Waals surface area contributed by atoms with Gasteiger partial charge < -0.3 is 20.4 Å². The van der Waals surface area contributed by atoms with Gasteiger partial charge in [0.25, 0.3) is 0 Å². The van der Waals surface area contributed by atoms with Crippen LogP contribution in [0.15, 0.2) is 178 Å². The van der Waals surface area contributed by atoms with Crippen LogP contribution in [0.1, 0.15) is 44.5 Å². The second kappa shape index (κ2) is 17.6. The van der Waals surface area contributed by atoms with Crippen LogP contribution in [0, 0.1) is 0 Å². The molecular formula is C54H42N4O4. The number of phenolic OH excluding ortho intramolecular Hbond substituents is 4. The van der Waals surface area contributed by atoms with E-state index in [2.05, 4.69) is 12.1 Å². The molecule has 0 saturated carbocycles. The van der Waals surface area contributed by atoms with E-state index in [0.29, 0.717) is 22.3 Å². The first-order valence-corrected chi connectivity index (χ1v) is 20.4. The number of nitrogens with zero attached hydrogens (tertiary/aromatic N) is 4. The van der Waals surface area contributed by atoms with Crippen molar-refractivity contribution in [2.45, 2.75) is 26.2 Å². The fourth-order valence-corrected chi connectivity index (χ4v) is 8.00. The molecule has 0 aliphatic rings. The van der Waals surface area contributed by atoms with Gasteiger partial charge in [-0.25, -0.2) is 0 Å². The molecule has 0 unspecified atom stereocenters. The number of hydrogen-bond acceptors (Lipinski definition) is 8. The average Bonchev–Trinajstić information content (AvgIpc) is 3.30. The maximum atomic E-state index is 10.9. The van der Waals surface area contributed by atoms with Crippen molar-refractivity contribution in [3.8, 4) is 23.0 Å². The predicted octanol–water partition coefficient (Wildman–Crippen LogP) is 11.6.